The summed E-state index contributed by atoms with van der Waals surface area (Å²) in [7, 11) is 0. The van der Waals surface area contributed by atoms with Crippen molar-refractivity contribution in [2.75, 3.05) is 9.80 Å². The van der Waals surface area contributed by atoms with Crippen LogP contribution in [0.1, 0.15) is 24.0 Å². The number of hydrogen-bond donors (Lipinski definition) is 0. The topological polar surface area (TPSA) is 6.48 Å². The Morgan fingerprint density at radius 3 is 0.875 bits per heavy atom. The van der Waals surface area contributed by atoms with Crippen molar-refractivity contribution in [1.82, 2.24) is 0 Å². The zero-order valence-electron chi connectivity index (χ0n) is 31.2. The van der Waals surface area contributed by atoms with Gasteiger partial charge in [-0.2, -0.15) is 0 Å². The van der Waals surface area contributed by atoms with Crippen molar-refractivity contribution >= 4 is 45.3 Å². The molecule has 2 nitrogen and oxygen atoms in total. The fourth-order valence-corrected chi connectivity index (χ4v) is 7.72. The van der Waals surface area contributed by atoms with Crippen LogP contribution in [0.15, 0.2) is 231 Å². The molecule has 0 heterocycles. The summed E-state index contributed by atoms with van der Waals surface area (Å²) in [5.74, 6) is 0. The molecule has 0 amide bonds. The highest BCUT2D eigenvalue weighted by Crippen LogP contribution is 2.41. The summed E-state index contributed by atoms with van der Waals surface area (Å²) in [5.41, 5.74) is 16.9. The predicted molar refractivity (Wildman–Crippen MR) is 238 cm³/mol. The molecule has 0 N–H and O–H groups in total. The molecule has 268 valence electrons. The smallest absolute Gasteiger partial charge is 0.0467 e. The van der Waals surface area contributed by atoms with Gasteiger partial charge in [-0.05, 0) is 130 Å². The molecule has 8 aromatic carbocycles. The molecule has 0 radical (unpaired) electrons. The minimum Gasteiger partial charge on any atom is -0.310 e. The normalized spacial score (nSPS) is 12.4. The molecule has 0 saturated carbocycles. The van der Waals surface area contributed by atoms with Crippen molar-refractivity contribution in [2.45, 2.75) is 12.8 Å². The first-order valence-corrected chi connectivity index (χ1v) is 19.4. The lowest BCUT2D eigenvalue weighted by atomic mass is 9.89. The third kappa shape index (κ3) is 7.46. The molecule has 9 rings (SSSR count). The van der Waals surface area contributed by atoms with Crippen LogP contribution in [0.3, 0.4) is 0 Å². The molecule has 2 heteroatoms. The maximum Gasteiger partial charge on any atom is 0.0467 e. The SMILES string of the molecule is C1=C(c2cccc(N(c3ccccc3)c3ccc(-c4ccccc4)cc3)c2)CCC(c2cccc(N(c3ccccc3)c3ccc(-c4ccccc4)cc3)c2)=C1. The van der Waals surface area contributed by atoms with Crippen molar-refractivity contribution in [3.8, 4) is 22.3 Å². The second-order valence-electron chi connectivity index (χ2n) is 14.2. The van der Waals surface area contributed by atoms with Gasteiger partial charge in [0.15, 0.2) is 0 Å². The minimum atomic E-state index is 0.972. The number of nitrogens with zero attached hydrogens (tertiary/aromatic N) is 2. The second-order valence-corrected chi connectivity index (χ2v) is 14.2. The van der Waals surface area contributed by atoms with Gasteiger partial charge in [-0.1, -0.05) is 158 Å². The molecular weight excluding hydrogens is 677 g/mol. The molecule has 0 aliphatic heterocycles. The van der Waals surface area contributed by atoms with Gasteiger partial charge in [0, 0.05) is 34.1 Å². The van der Waals surface area contributed by atoms with Crippen molar-refractivity contribution in [1.29, 1.82) is 0 Å². The van der Waals surface area contributed by atoms with Gasteiger partial charge >= 0.3 is 0 Å². The lowest BCUT2D eigenvalue weighted by molar-refractivity contribution is 1.07. The van der Waals surface area contributed by atoms with Crippen LogP contribution in [0.2, 0.25) is 0 Å². The molecule has 0 saturated heterocycles. The van der Waals surface area contributed by atoms with Gasteiger partial charge in [0.2, 0.25) is 0 Å². The van der Waals surface area contributed by atoms with Gasteiger partial charge in [0.05, 0.1) is 0 Å². The summed E-state index contributed by atoms with van der Waals surface area (Å²) in [6.07, 6.45) is 6.59. The summed E-state index contributed by atoms with van der Waals surface area (Å²) in [5, 5.41) is 0. The largest absolute Gasteiger partial charge is 0.310 e. The van der Waals surface area contributed by atoms with Crippen LogP contribution in [-0.4, -0.2) is 0 Å². The Labute approximate surface area is 330 Å². The zero-order chi connectivity index (χ0) is 37.5. The number of allylic oxidation sites excluding steroid dienone is 4. The van der Waals surface area contributed by atoms with E-state index in [1.165, 1.54) is 44.5 Å². The molecule has 0 fully saturated rings. The highest BCUT2D eigenvalue weighted by molar-refractivity contribution is 5.85. The molecule has 0 spiro atoms. The van der Waals surface area contributed by atoms with Crippen LogP contribution in [0.4, 0.5) is 34.1 Å². The number of benzene rings is 8. The summed E-state index contributed by atoms with van der Waals surface area (Å²) in [4.78, 5) is 4.70. The van der Waals surface area contributed by atoms with E-state index in [9.17, 15) is 0 Å². The Hall–Kier alpha value is -7.16. The minimum absolute atomic E-state index is 0.972. The lowest BCUT2D eigenvalue weighted by Gasteiger charge is -2.27. The first-order chi connectivity index (χ1) is 27.8. The number of anilines is 6. The van der Waals surface area contributed by atoms with Gasteiger partial charge < -0.3 is 9.80 Å². The molecule has 0 atom stereocenters. The third-order valence-electron chi connectivity index (χ3n) is 10.6. The Kier molecular flexibility index (Phi) is 9.92. The summed E-state index contributed by atoms with van der Waals surface area (Å²) in [6, 6.07) is 78.2. The predicted octanol–water partition coefficient (Wildman–Crippen LogP) is 15.2. The van der Waals surface area contributed by atoms with Gasteiger partial charge in [-0.15, -0.1) is 0 Å². The highest BCUT2D eigenvalue weighted by Gasteiger charge is 2.18. The Morgan fingerprint density at radius 1 is 0.232 bits per heavy atom. The summed E-state index contributed by atoms with van der Waals surface area (Å²) in [6.45, 7) is 0. The molecule has 56 heavy (non-hydrogen) atoms. The van der Waals surface area contributed by atoms with Crippen molar-refractivity contribution in [3.63, 3.8) is 0 Å². The van der Waals surface area contributed by atoms with E-state index in [2.05, 4.69) is 240 Å². The number of para-hydroxylation sites is 2. The first kappa shape index (κ1) is 34.6. The number of hydrogen-bond acceptors (Lipinski definition) is 2. The fraction of sp³-hybridized carbons (Fsp3) is 0.0370. The van der Waals surface area contributed by atoms with Gasteiger partial charge in [0.1, 0.15) is 0 Å². The fourth-order valence-electron chi connectivity index (χ4n) is 7.72. The monoisotopic (exact) mass is 718 g/mol. The van der Waals surface area contributed by atoms with Crippen LogP contribution in [0.5, 0.6) is 0 Å². The highest BCUT2D eigenvalue weighted by atomic mass is 15.1. The summed E-state index contributed by atoms with van der Waals surface area (Å²) < 4.78 is 0. The average molecular weight is 719 g/mol. The maximum absolute atomic E-state index is 2.35. The van der Waals surface area contributed by atoms with Crippen LogP contribution in [-0.2, 0) is 0 Å². The quantitative estimate of drug-likeness (QED) is 0.139. The van der Waals surface area contributed by atoms with E-state index in [0.717, 1.165) is 47.0 Å². The van der Waals surface area contributed by atoms with E-state index in [0.29, 0.717) is 0 Å². The Bertz CT molecular complexity index is 2410. The average Bonchev–Trinajstić information content (AvgIpc) is 3.29. The first-order valence-electron chi connectivity index (χ1n) is 19.4. The van der Waals surface area contributed by atoms with Gasteiger partial charge in [-0.25, -0.2) is 0 Å². The van der Waals surface area contributed by atoms with Crippen LogP contribution in [0, 0.1) is 0 Å². The lowest BCUT2D eigenvalue weighted by Crippen LogP contribution is -2.10. The second kappa shape index (κ2) is 16.1. The van der Waals surface area contributed by atoms with Gasteiger partial charge in [-0.3, -0.25) is 0 Å². The molecule has 0 aromatic heterocycles. The van der Waals surface area contributed by atoms with Crippen LogP contribution >= 0.6 is 0 Å². The van der Waals surface area contributed by atoms with Crippen LogP contribution < -0.4 is 9.80 Å². The number of rotatable bonds is 10. The third-order valence-corrected chi connectivity index (χ3v) is 10.6. The maximum atomic E-state index is 2.35. The molecule has 1 aliphatic carbocycles. The molecular formula is C54H42N2. The van der Waals surface area contributed by atoms with E-state index in [4.69, 9.17) is 0 Å². The van der Waals surface area contributed by atoms with E-state index >= 15 is 0 Å². The van der Waals surface area contributed by atoms with Crippen LogP contribution in [0.25, 0.3) is 33.4 Å². The van der Waals surface area contributed by atoms with Gasteiger partial charge in [0.25, 0.3) is 0 Å². The summed E-state index contributed by atoms with van der Waals surface area (Å²) >= 11 is 0. The standard InChI is InChI=1S/C54H42N2/c1-5-15-41(16-6-1)43-31-35-51(36-32-43)55(49-21-9-3-10-22-49)53-25-13-19-47(39-53)45-27-29-46(30-28-45)48-20-14-26-54(40-48)56(50-23-11-4-12-24-50)52-37-33-44(34-38-52)42-17-7-2-8-18-42/h1-27,29,31-40H,28,30H2. The molecule has 0 bridgehead atoms. The van der Waals surface area contributed by atoms with E-state index in [-0.39, 0.29) is 0 Å². The zero-order valence-corrected chi connectivity index (χ0v) is 31.2. The Balaban J connectivity index is 1.00. The van der Waals surface area contributed by atoms with Crippen molar-refractivity contribution in [2.24, 2.45) is 0 Å². The van der Waals surface area contributed by atoms with E-state index in [1.54, 1.807) is 0 Å². The Morgan fingerprint density at radius 2 is 0.518 bits per heavy atom. The van der Waals surface area contributed by atoms with Crippen molar-refractivity contribution < 1.29 is 0 Å². The molecule has 0 unspecified atom stereocenters. The van der Waals surface area contributed by atoms with E-state index in [1.807, 2.05) is 0 Å². The van der Waals surface area contributed by atoms with Crippen molar-refractivity contribution in [3.05, 3.63) is 242 Å². The molecule has 8 aromatic rings. The van der Waals surface area contributed by atoms with E-state index < -0.39 is 0 Å². The molecule has 1 aliphatic rings.